The lowest BCUT2D eigenvalue weighted by Gasteiger charge is -2.26. The average molecular weight is 516 g/mol. The van der Waals surface area contributed by atoms with Gasteiger partial charge in [0.1, 0.15) is 34.9 Å². The predicted molar refractivity (Wildman–Crippen MR) is 140 cm³/mol. The van der Waals surface area contributed by atoms with Gasteiger partial charge in [-0.2, -0.15) is 0 Å². The van der Waals surface area contributed by atoms with Crippen molar-refractivity contribution in [1.29, 1.82) is 0 Å². The first-order valence-corrected chi connectivity index (χ1v) is 11.9. The van der Waals surface area contributed by atoms with Gasteiger partial charge in [0.05, 0.1) is 23.4 Å². The van der Waals surface area contributed by atoms with E-state index >= 15 is 0 Å². The Morgan fingerprint density at radius 2 is 1.95 bits per heavy atom. The summed E-state index contributed by atoms with van der Waals surface area (Å²) in [6, 6.07) is 13.9. The molecule has 38 heavy (non-hydrogen) atoms. The van der Waals surface area contributed by atoms with Crippen LogP contribution in [-0.2, 0) is 15.8 Å². The normalized spacial score (nSPS) is 17.9. The van der Waals surface area contributed by atoms with Gasteiger partial charge < -0.3 is 26.6 Å². The van der Waals surface area contributed by atoms with Crippen molar-refractivity contribution in [2.45, 2.75) is 24.9 Å². The molecule has 1 aliphatic heterocycles. The number of halogens is 1. The van der Waals surface area contributed by atoms with Crippen LogP contribution in [0.2, 0.25) is 0 Å². The van der Waals surface area contributed by atoms with Crippen LogP contribution in [-0.4, -0.2) is 40.0 Å². The van der Waals surface area contributed by atoms with Crippen molar-refractivity contribution in [2.24, 2.45) is 5.73 Å². The van der Waals surface area contributed by atoms with Crippen LogP contribution in [0.3, 0.4) is 0 Å². The summed E-state index contributed by atoms with van der Waals surface area (Å²) in [5, 5.41) is 14.9. The van der Waals surface area contributed by atoms with Crippen LogP contribution in [0.15, 0.2) is 60.8 Å². The van der Waals surface area contributed by atoms with Crippen molar-refractivity contribution in [3.63, 3.8) is 0 Å². The highest BCUT2D eigenvalue weighted by Crippen LogP contribution is 2.45. The number of ether oxygens (including phenoxy) is 1. The van der Waals surface area contributed by atoms with E-state index in [1.165, 1.54) is 37.3 Å². The van der Waals surface area contributed by atoms with Crippen molar-refractivity contribution < 1.29 is 23.8 Å². The fourth-order valence-corrected chi connectivity index (χ4v) is 4.46. The molecular weight excluding hydrogens is 489 g/mol. The van der Waals surface area contributed by atoms with Crippen molar-refractivity contribution in [3.05, 3.63) is 83.4 Å². The lowest BCUT2D eigenvalue weighted by Crippen LogP contribution is -2.41. The average Bonchev–Trinajstić information content (AvgIpc) is 3.25. The number of anilines is 1. The van der Waals surface area contributed by atoms with Crippen molar-refractivity contribution >= 4 is 28.4 Å². The Balaban J connectivity index is 1.49. The maximum atomic E-state index is 13.6. The maximum absolute atomic E-state index is 13.6. The monoisotopic (exact) mass is 515 g/mol. The Labute approximate surface area is 217 Å². The van der Waals surface area contributed by atoms with Gasteiger partial charge in [-0.3, -0.25) is 14.6 Å². The number of hydrogen-bond donors (Lipinski definition) is 4. The number of primary amides is 1. The molecule has 2 atom stereocenters. The SMILES string of the molecule is C[C@](O)(CNC(=O)c1cc(N)c2ncccc2c1)c1cc2c(c(-c3ccc(F)cc3)n1)OC[C@]2(C)C(N)=O. The van der Waals surface area contributed by atoms with Crippen LogP contribution >= 0.6 is 0 Å². The van der Waals surface area contributed by atoms with Crippen LogP contribution < -0.4 is 21.5 Å². The summed E-state index contributed by atoms with van der Waals surface area (Å²) in [5.41, 5.74) is 11.7. The molecule has 1 aliphatic rings. The standard InChI is InChI=1S/C28H26FN5O4/c1-27(26(31)36)14-38-24-19(27)12-21(34-23(24)15-5-7-18(29)8-6-15)28(2,37)13-33-25(35)17-10-16-4-3-9-32-22(16)20(30)11-17/h3-12,37H,13-14,30H2,1-2H3,(H2,31,36)(H,33,35)/t27-,28-/m0/s1. The molecule has 0 unspecified atom stereocenters. The number of nitrogen functional groups attached to an aromatic ring is 1. The molecule has 0 radical (unpaired) electrons. The van der Waals surface area contributed by atoms with Crippen molar-refractivity contribution in [1.82, 2.24) is 15.3 Å². The molecule has 0 bridgehead atoms. The molecule has 0 saturated heterocycles. The highest BCUT2D eigenvalue weighted by molar-refractivity contribution is 6.01. The van der Waals surface area contributed by atoms with E-state index in [1.54, 1.807) is 37.4 Å². The van der Waals surface area contributed by atoms with Gasteiger partial charge in [-0.15, -0.1) is 0 Å². The first-order chi connectivity index (χ1) is 18.0. The number of pyridine rings is 2. The van der Waals surface area contributed by atoms with E-state index in [9.17, 15) is 19.1 Å². The summed E-state index contributed by atoms with van der Waals surface area (Å²) in [4.78, 5) is 34.2. The Hall–Kier alpha value is -4.57. The predicted octanol–water partition coefficient (Wildman–Crippen LogP) is 2.79. The molecule has 2 aromatic carbocycles. The number of benzene rings is 2. The van der Waals surface area contributed by atoms with Crippen LogP contribution in [0.25, 0.3) is 22.2 Å². The van der Waals surface area contributed by atoms with Crippen LogP contribution in [0, 0.1) is 5.82 Å². The number of hydrogen-bond acceptors (Lipinski definition) is 7. The third kappa shape index (κ3) is 4.28. The van der Waals surface area contributed by atoms with Crippen molar-refractivity contribution in [3.8, 4) is 17.0 Å². The fourth-order valence-electron chi connectivity index (χ4n) is 4.46. The van der Waals surface area contributed by atoms with Gasteiger partial charge in [0, 0.05) is 28.3 Å². The van der Waals surface area contributed by atoms with E-state index < -0.39 is 28.6 Å². The number of carbonyl (C=O) groups excluding carboxylic acids is 2. The zero-order chi connectivity index (χ0) is 27.2. The fraction of sp³-hybridized carbons (Fsp3) is 0.214. The lowest BCUT2D eigenvalue weighted by atomic mass is 9.82. The molecule has 3 heterocycles. The molecule has 0 saturated carbocycles. The summed E-state index contributed by atoms with van der Waals surface area (Å²) >= 11 is 0. The van der Waals surface area contributed by atoms with Gasteiger partial charge in [-0.1, -0.05) is 6.07 Å². The van der Waals surface area contributed by atoms with Gasteiger partial charge in [0.15, 0.2) is 0 Å². The number of amides is 2. The topological polar surface area (TPSA) is 153 Å². The third-order valence-corrected chi connectivity index (χ3v) is 6.88. The molecule has 10 heteroatoms. The minimum absolute atomic E-state index is 0.00584. The maximum Gasteiger partial charge on any atom is 0.251 e. The van der Waals surface area contributed by atoms with E-state index in [2.05, 4.69) is 15.3 Å². The Bertz CT molecular complexity index is 1590. The molecule has 0 aliphatic carbocycles. The van der Waals surface area contributed by atoms with E-state index in [1.807, 2.05) is 0 Å². The summed E-state index contributed by atoms with van der Waals surface area (Å²) in [7, 11) is 0. The Morgan fingerprint density at radius 3 is 2.66 bits per heavy atom. The first kappa shape index (κ1) is 25.1. The molecule has 0 fully saturated rings. The molecule has 2 amide bonds. The Morgan fingerprint density at radius 1 is 1.21 bits per heavy atom. The third-order valence-electron chi connectivity index (χ3n) is 6.88. The van der Waals surface area contributed by atoms with Gasteiger partial charge >= 0.3 is 0 Å². The first-order valence-electron chi connectivity index (χ1n) is 11.9. The molecule has 9 nitrogen and oxygen atoms in total. The minimum Gasteiger partial charge on any atom is -0.489 e. The summed E-state index contributed by atoms with van der Waals surface area (Å²) in [6.45, 7) is 2.93. The lowest BCUT2D eigenvalue weighted by molar-refractivity contribution is -0.123. The van der Waals surface area contributed by atoms with Gasteiger partial charge in [0.2, 0.25) is 5.91 Å². The van der Waals surface area contributed by atoms with Gasteiger partial charge in [-0.05, 0) is 62.4 Å². The largest absolute Gasteiger partial charge is 0.489 e. The number of carbonyl (C=O) groups is 2. The summed E-state index contributed by atoms with van der Waals surface area (Å²) < 4.78 is 19.4. The number of aromatic nitrogens is 2. The van der Waals surface area contributed by atoms with Crippen LogP contribution in [0.4, 0.5) is 10.1 Å². The number of nitrogens with two attached hydrogens (primary N) is 2. The molecule has 4 aromatic rings. The molecular formula is C28H26FN5O4. The van der Waals surface area contributed by atoms with E-state index in [4.69, 9.17) is 16.2 Å². The van der Waals surface area contributed by atoms with Gasteiger partial charge in [-0.25, -0.2) is 9.37 Å². The molecule has 6 N–H and O–H groups in total. The second-order valence-electron chi connectivity index (χ2n) is 9.82. The highest BCUT2D eigenvalue weighted by atomic mass is 19.1. The Kier molecular flexibility index (Phi) is 5.99. The molecule has 0 spiro atoms. The molecule has 2 aromatic heterocycles. The van der Waals surface area contributed by atoms with E-state index in [0.29, 0.717) is 44.7 Å². The zero-order valence-corrected chi connectivity index (χ0v) is 20.8. The summed E-state index contributed by atoms with van der Waals surface area (Å²) in [6.07, 6.45) is 1.62. The highest BCUT2D eigenvalue weighted by Gasteiger charge is 2.45. The number of aliphatic hydroxyl groups is 1. The number of nitrogens with one attached hydrogen (secondary N) is 1. The second-order valence-corrected chi connectivity index (χ2v) is 9.82. The number of nitrogens with zero attached hydrogens (tertiary/aromatic N) is 2. The molecule has 5 rings (SSSR count). The van der Waals surface area contributed by atoms with Gasteiger partial charge in [0.25, 0.3) is 5.91 Å². The smallest absolute Gasteiger partial charge is 0.251 e. The molecule has 194 valence electrons. The minimum atomic E-state index is -1.66. The van der Waals surface area contributed by atoms with E-state index in [0.717, 1.165) is 0 Å². The van der Waals surface area contributed by atoms with Crippen LogP contribution in [0.5, 0.6) is 5.75 Å². The number of rotatable bonds is 6. The second kappa shape index (κ2) is 9.07. The number of fused-ring (bicyclic) bond motifs is 2. The van der Waals surface area contributed by atoms with Crippen molar-refractivity contribution in [2.75, 3.05) is 18.9 Å². The van der Waals surface area contributed by atoms with E-state index in [-0.39, 0.29) is 18.8 Å². The van der Waals surface area contributed by atoms with Crippen LogP contribution in [0.1, 0.15) is 35.5 Å². The quantitative estimate of drug-likeness (QED) is 0.288. The zero-order valence-electron chi connectivity index (χ0n) is 20.8. The summed E-state index contributed by atoms with van der Waals surface area (Å²) in [5.74, 6) is -1.14.